The van der Waals surface area contributed by atoms with Crippen molar-refractivity contribution in [3.05, 3.63) is 52.5 Å². The third-order valence-corrected chi connectivity index (χ3v) is 6.62. The number of aromatic nitrogens is 2. The number of benzene rings is 1. The summed E-state index contributed by atoms with van der Waals surface area (Å²) in [5.41, 5.74) is 1.40. The first-order valence-electron chi connectivity index (χ1n) is 11.1. The van der Waals surface area contributed by atoms with Crippen molar-refractivity contribution in [3.63, 3.8) is 0 Å². The molecule has 0 unspecified atom stereocenters. The van der Waals surface area contributed by atoms with E-state index >= 15 is 0 Å². The standard InChI is InChI=1S/C23H24F3N5O3/c1-11-14(4-12(24)5-15(11)26)18-6-13(25)8-31(18)23(33)21-20-17(7-27-21)28-10-29-22(20)30-16-2-3-34-9-19(16)32/h4-5,10,13,16,18-19,32H,2-3,6-9H2,1H3,(H,28,29,30)/t13-,16+,18+,19+/m0/s1. The number of carbonyl (C=O) groups excluding carboxylic acids is 1. The van der Waals surface area contributed by atoms with Gasteiger partial charge in [-0.15, -0.1) is 0 Å². The summed E-state index contributed by atoms with van der Waals surface area (Å²) in [6.07, 6.45) is -0.269. The number of halogens is 3. The van der Waals surface area contributed by atoms with Crippen LogP contribution in [0.4, 0.5) is 19.0 Å². The van der Waals surface area contributed by atoms with Gasteiger partial charge in [-0.3, -0.25) is 9.79 Å². The van der Waals surface area contributed by atoms with Gasteiger partial charge in [0.25, 0.3) is 5.91 Å². The Labute approximate surface area is 193 Å². The smallest absolute Gasteiger partial charge is 0.273 e. The summed E-state index contributed by atoms with van der Waals surface area (Å²) >= 11 is 0. The molecule has 0 bridgehead atoms. The number of amides is 1. The van der Waals surface area contributed by atoms with Crippen LogP contribution in [-0.2, 0) is 16.1 Å². The lowest BCUT2D eigenvalue weighted by Crippen LogP contribution is -2.43. The molecule has 0 aliphatic carbocycles. The van der Waals surface area contributed by atoms with Crippen LogP contribution in [0.1, 0.15) is 41.3 Å². The van der Waals surface area contributed by atoms with Crippen LogP contribution >= 0.6 is 0 Å². The molecule has 2 N–H and O–H groups in total. The van der Waals surface area contributed by atoms with Crippen LogP contribution < -0.4 is 5.32 Å². The minimum absolute atomic E-state index is 0.0632. The van der Waals surface area contributed by atoms with Crippen LogP contribution in [0.5, 0.6) is 0 Å². The Morgan fingerprint density at radius 3 is 2.91 bits per heavy atom. The molecule has 0 radical (unpaired) electrons. The molecule has 0 spiro atoms. The molecule has 3 aliphatic heterocycles. The number of carbonyl (C=O) groups is 1. The van der Waals surface area contributed by atoms with Gasteiger partial charge >= 0.3 is 0 Å². The van der Waals surface area contributed by atoms with Crippen molar-refractivity contribution in [1.82, 2.24) is 14.9 Å². The van der Waals surface area contributed by atoms with Gasteiger partial charge in [0.05, 0.1) is 49.1 Å². The number of rotatable bonds is 4. The van der Waals surface area contributed by atoms with Gasteiger partial charge in [-0.1, -0.05) is 0 Å². The van der Waals surface area contributed by atoms with Crippen LogP contribution in [0, 0.1) is 18.6 Å². The third-order valence-electron chi connectivity index (χ3n) is 6.62. The first-order valence-corrected chi connectivity index (χ1v) is 11.1. The molecule has 2 aromatic rings. The van der Waals surface area contributed by atoms with Crippen molar-refractivity contribution in [1.29, 1.82) is 0 Å². The number of likely N-dealkylation sites (tertiary alicyclic amines) is 1. The van der Waals surface area contributed by atoms with Gasteiger partial charge in [0, 0.05) is 19.1 Å². The number of ether oxygens (including phenoxy) is 1. The van der Waals surface area contributed by atoms with Crippen LogP contribution in [0.3, 0.4) is 0 Å². The predicted molar refractivity (Wildman–Crippen MR) is 116 cm³/mol. The molecule has 3 aliphatic rings. The van der Waals surface area contributed by atoms with Gasteiger partial charge in [0.15, 0.2) is 0 Å². The Morgan fingerprint density at radius 1 is 1.29 bits per heavy atom. The van der Waals surface area contributed by atoms with Crippen LogP contribution in [-0.4, -0.2) is 69.7 Å². The molecule has 8 nitrogen and oxygen atoms in total. The highest BCUT2D eigenvalue weighted by Crippen LogP contribution is 2.38. The molecule has 2 saturated heterocycles. The largest absolute Gasteiger partial charge is 0.389 e. The number of nitrogens with one attached hydrogen (secondary N) is 1. The van der Waals surface area contributed by atoms with Gasteiger partial charge in [-0.2, -0.15) is 0 Å². The summed E-state index contributed by atoms with van der Waals surface area (Å²) in [5.74, 6) is -1.74. The van der Waals surface area contributed by atoms with E-state index < -0.39 is 35.9 Å². The minimum atomic E-state index is -1.34. The van der Waals surface area contributed by atoms with Crippen molar-refractivity contribution in [2.75, 3.05) is 25.1 Å². The fourth-order valence-electron chi connectivity index (χ4n) is 4.83. The molecule has 11 heteroatoms. The van der Waals surface area contributed by atoms with E-state index in [2.05, 4.69) is 20.3 Å². The minimum Gasteiger partial charge on any atom is -0.389 e. The monoisotopic (exact) mass is 475 g/mol. The van der Waals surface area contributed by atoms with Crippen molar-refractivity contribution >= 4 is 17.4 Å². The van der Waals surface area contributed by atoms with Crippen molar-refractivity contribution in [2.45, 2.75) is 50.7 Å². The Bertz CT molecular complexity index is 1160. The summed E-state index contributed by atoms with van der Waals surface area (Å²) in [6.45, 7) is 2.07. The van der Waals surface area contributed by atoms with Crippen molar-refractivity contribution in [3.8, 4) is 0 Å². The fraction of sp³-hybridized carbons (Fsp3) is 0.478. The normalized spacial score (nSPS) is 26.4. The van der Waals surface area contributed by atoms with Crippen molar-refractivity contribution in [2.24, 2.45) is 4.99 Å². The Hall–Kier alpha value is -3.05. The Morgan fingerprint density at radius 2 is 2.12 bits per heavy atom. The number of nitrogens with zero attached hydrogens (tertiary/aromatic N) is 4. The second kappa shape index (κ2) is 8.95. The molecule has 34 heavy (non-hydrogen) atoms. The van der Waals surface area contributed by atoms with Crippen LogP contribution in [0.15, 0.2) is 23.5 Å². The van der Waals surface area contributed by atoms with E-state index in [9.17, 15) is 23.1 Å². The zero-order valence-corrected chi connectivity index (χ0v) is 18.5. The molecule has 1 amide bonds. The van der Waals surface area contributed by atoms with Gasteiger partial charge in [0.2, 0.25) is 0 Å². The van der Waals surface area contributed by atoms with Gasteiger partial charge < -0.3 is 20.1 Å². The second-order valence-corrected chi connectivity index (χ2v) is 8.80. The zero-order valence-electron chi connectivity index (χ0n) is 18.5. The molecule has 5 rings (SSSR count). The molecular formula is C23H24F3N5O3. The molecule has 0 saturated carbocycles. The summed E-state index contributed by atoms with van der Waals surface area (Å²) in [6, 6.07) is 0.744. The summed E-state index contributed by atoms with van der Waals surface area (Å²) < 4.78 is 48.0. The maximum atomic E-state index is 14.5. The third kappa shape index (κ3) is 4.03. The molecule has 1 aromatic carbocycles. The maximum Gasteiger partial charge on any atom is 0.273 e. The molecule has 4 atom stereocenters. The average molecular weight is 475 g/mol. The van der Waals surface area contributed by atoms with Gasteiger partial charge in [0.1, 0.15) is 35.7 Å². The topological polar surface area (TPSA) is 99.9 Å². The number of hydrogen-bond acceptors (Lipinski definition) is 7. The fourth-order valence-corrected chi connectivity index (χ4v) is 4.83. The lowest BCUT2D eigenvalue weighted by molar-refractivity contribution is -0.125. The first-order chi connectivity index (χ1) is 16.3. The highest BCUT2D eigenvalue weighted by molar-refractivity contribution is 6.47. The predicted octanol–water partition coefficient (Wildman–Crippen LogP) is 2.24. The lowest BCUT2D eigenvalue weighted by atomic mass is 9.97. The lowest BCUT2D eigenvalue weighted by Gasteiger charge is -2.30. The molecule has 1 aromatic heterocycles. The number of alkyl halides is 1. The number of anilines is 1. The van der Waals surface area contributed by atoms with E-state index in [1.165, 1.54) is 18.2 Å². The molecular weight excluding hydrogens is 451 g/mol. The number of aliphatic hydroxyl groups excluding tert-OH is 1. The van der Waals surface area contributed by atoms with Crippen LogP contribution in [0.25, 0.3) is 0 Å². The van der Waals surface area contributed by atoms with Crippen molar-refractivity contribution < 1.29 is 27.8 Å². The first kappa shape index (κ1) is 22.7. The summed E-state index contributed by atoms with van der Waals surface area (Å²) in [7, 11) is 0. The number of hydrogen-bond donors (Lipinski definition) is 2. The molecule has 2 fully saturated rings. The Kier molecular flexibility index (Phi) is 5.98. The highest BCUT2D eigenvalue weighted by atomic mass is 19.1. The SMILES string of the molecule is Cc1c(F)cc(F)cc1[C@H]1C[C@H](F)CN1C(=O)C1=NCc2ncnc(N[C@@H]3CCOC[C@H]3O)c21. The Balaban J connectivity index is 1.46. The summed E-state index contributed by atoms with van der Waals surface area (Å²) in [4.78, 5) is 27.7. The summed E-state index contributed by atoms with van der Waals surface area (Å²) in [5, 5.41) is 13.4. The number of fused-ring (bicyclic) bond motifs is 1. The average Bonchev–Trinajstić information content (AvgIpc) is 3.41. The highest BCUT2D eigenvalue weighted by Gasteiger charge is 2.41. The van der Waals surface area contributed by atoms with E-state index in [1.54, 1.807) is 0 Å². The molecule has 180 valence electrons. The van der Waals surface area contributed by atoms with Gasteiger partial charge in [-0.05, 0) is 30.5 Å². The maximum absolute atomic E-state index is 14.5. The van der Waals surface area contributed by atoms with E-state index in [0.29, 0.717) is 30.1 Å². The van der Waals surface area contributed by atoms with E-state index in [0.717, 1.165) is 12.1 Å². The molecule has 4 heterocycles. The number of aliphatic imine (C=N–C) groups is 1. The zero-order chi connectivity index (χ0) is 24.0. The van der Waals surface area contributed by atoms with Gasteiger partial charge in [-0.25, -0.2) is 23.1 Å². The van der Waals surface area contributed by atoms with E-state index in [-0.39, 0.29) is 49.0 Å². The second-order valence-electron chi connectivity index (χ2n) is 8.80. The quantitative estimate of drug-likeness (QED) is 0.704. The number of aliphatic hydroxyl groups is 1. The van der Waals surface area contributed by atoms with E-state index in [1.807, 2.05) is 0 Å². The van der Waals surface area contributed by atoms with E-state index in [4.69, 9.17) is 4.74 Å². The van der Waals surface area contributed by atoms with Crippen LogP contribution in [0.2, 0.25) is 0 Å².